The maximum absolute atomic E-state index is 14.1. The van der Waals surface area contributed by atoms with Crippen LogP contribution in [0.1, 0.15) is 74.4 Å². The molecule has 4 aliphatic heterocycles. The van der Waals surface area contributed by atoms with Gasteiger partial charge < -0.3 is 59.4 Å². The number of aliphatic hydroxyl groups is 2. The van der Waals surface area contributed by atoms with Crippen molar-refractivity contribution in [1.29, 1.82) is 0 Å². The molecule has 6 unspecified atom stereocenters. The number of hydrogen-bond donors (Lipinski definition) is 6. The monoisotopic (exact) mass is 929 g/mol. The molecular formula is C45H43N3O17S. The van der Waals surface area contributed by atoms with Crippen molar-refractivity contribution in [1.82, 2.24) is 15.1 Å². The van der Waals surface area contributed by atoms with Crippen molar-refractivity contribution in [2.24, 2.45) is 0 Å². The van der Waals surface area contributed by atoms with Crippen molar-refractivity contribution in [3.05, 3.63) is 98.5 Å². The number of aromatic hydroxyl groups is 2. The van der Waals surface area contributed by atoms with Crippen LogP contribution in [0.2, 0.25) is 0 Å². The lowest BCUT2D eigenvalue weighted by molar-refractivity contribution is -0.246. The van der Waals surface area contributed by atoms with Crippen LogP contribution in [0.5, 0.6) is 17.2 Å². The van der Waals surface area contributed by atoms with Crippen LogP contribution in [0.4, 0.5) is 4.79 Å². The average molecular weight is 930 g/mol. The normalized spacial score (nSPS) is 28.4. The summed E-state index contributed by atoms with van der Waals surface area (Å²) >= 11 is 1.10. The van der Waals surface area contributed by atoms with Gasteiger partial charge in [0.1, 0.15) is 60.3 Å². The van der Waals surface area contributed by atoms with Crippen LogP contribution in [0.15, 0.2) is 59.5 Å². The smallest absolute Gasteiger partial charge is 0.412 e. The van der Waals surface area contributed by atoms with Gasteiger partial charge in [-0.25, -0.2) is 9.59 Å². The third-order valence-electron chi connectivity index (χ3n) is 12.9. The fourth-order valence-electron chi connectivity index (χ4n) is 9.75. The molecule has 6 N–H and O–H groups in total. The van der Waals surface area contributed by atoms with Gasteiger partial charge in [-0.15, -0.1) is 11.8 Å². The minimum atomic E-state index is -2.39. The molecule has 9 atom stereocenters. The summed E-state index contributed by atoms with van der Waals surface area (Å²) in [5.74, 6) is -6.61. The molecule has 4 heterocycles. The summed E-state index contributed by atoms with van der Waals surface area (Å²) in [6.07, 6.45) is -6.57. The van der Waals surface area contributed by atoms with Crippen molar-refractivity contribution >= 4 is 53.0 Å². The molecule has 0 spiro atoms. The summed E-state index contributed by atoms with van der Waals surface area (Å²) in [4.78, 5) is 95.6. The number of carboxylic acids is 1. The summed E-state index contributed by atoms with van der Waals surface area (Å²) in [5, 5.41) is 58.8. The molecule has 3 saturated heterocycles. The summed E-state index contributed by atoms with van der Waals surface area (Å²) in [7, 11) is 1.29. The molecule has 0 bridgehead atoms. The van der Waals surface area contributed by atoms with Crippen LogP contribution in [0.25, 0.3) is 0 Å². The standard InChI is InChI=1S/C45H43N3O17S/c1-19-40-24(47(18-63-40)44(59)62-16-21-17-66-42-34(41(56)48(42)35(21)43(57)58)46-28(51)11-20-7-4-3-5-8-20)12-29(64-19)65-26-14-45(60,27(50)15-49)13-23-31(26)39(55)33-32(37(23)53)36(52)22-9-6-10-25(61-2)30(22)38(33)54/h3-10,17,19,24,26,29,34-35,40,42,49,53,55,60H,11-16,18H2,1-2H3,(H,46,51)(H,57,58)/t19?,24?,26-,29?,34+,35?,40?,42?,45-/m0/s1. The van der Waals surface area contributed by atoms with Crippen molar-refractivity contribution in [2.45, 2.75) is 86.3 Å². The van der Waals surface area contributed by atoms with Gasteiger partial charge in [-0.3, -0.25) is 28.9 Å². The molecule has 346 valence electrons. The third-order valence-corrected chi connectivity index (χ3v) is 14.1. The van der Waals surface area contributed by atoms with Crippen molar-refractivity contribution in [3.63, 3.8) is 0 Å². The van der Waals surface area contributed by atoms with Crippen LogP contribution >= 0.6 is 11.8 Å². The third kappa shape index (κ3) is 7.35. The molecule has 3 aromatic rings. The molecule has 3 fully saturated rings. The molecule has 0 aromatic heterocycles. The van der Waals surface area contributed by atoms with E-state index in [1.807, 2.05) is 6.07 Å². The van der Waals surface area contributed by atoms with Gasteiger partial charge >= 0.3 is 12.1 Å². The van der Waals surface area contributed by atoms with Gasteiger partial charge in [-0.1, -0.05) is 42.5 Å². The van der Waals surface area contributed by atoms with Crippen LogP contribution in [0.3, 0.4) is 0 Å². The van der Waals surface area contributed by atoms with Gasteiger partial charge in [0, 0.05) is 41.5 Å². The first-order valence-corrected chi connectivity index (χ1v) is 21.8. The molecule has 6 aliphatic rings. The first kappa shape index (κ1) is 44.8. The molecule has 2 aliphatic carbocycles. The van der Waals surface area contributed by atoms with Gasteiger partial charge in [0.25, 0.3) is 0 Å². The number of hydrogen-bond acceptors (Lipinski definition) is 17. The molecule has 21 heteroatoms. The number of nitrogens with zero attached hydrogens (tertiary/aromatic N) is 2. The second-order valence-corrected chi connectivity index (χ2v) is 17.8. The lowest BCUT2D eigenvalue weighted by Crippen LogP contribution is -2.74. The van der Waals surface area contributed by atoms with Gasteiger partial charge in [-0.05, 0) is 24.0 Å². The van der Waals surface area contributed by atoms with E-state index in [-0.39, 0.29) is 53.1 Å². The van der Waals surface area contributed by atoms with Gasteiger partial charge in [-0.2, -0.15) is 0 Å². The van der Waals surface area contributed by atoms with E-state index >= 15 is 0 Å². The minimum Gasteiger partial charge on any atom is -0.507 e. The molecule has 3 amide bonds. The molecule has 66 heavy (non-hydrogen) atoms. The number of aliphatic hydroxyl groups excluding tert-OH is 1. The Balaban J connectivity index is 0.924. The number of benzene rings is 3. The molecule has 0 radical (unpaired) electrons. The molecular weight excluding hydrogens is 887 g/mol. The number of aliphatic carboxylic acids is 1. The first-order chi connectivity index (χ1) is 31.6. The second-order valence-electron chi connectivity index (χ2n) is 16.8. The highest BCUT2D eigenvalue weighted by atomic mass is 32.2. The number of thioether (sulfide) groups is 1. The number of phenols is 2. The molecule has 3 aromatic carbocycles. The van der Waals surface area contributed by atoms with E-state index in [2.05, 4.69) is 5.32 Å². The van der Waals surface area contributed by atoms with Crippen molar-refractivity contribution in [3.8, 4) is 17.2 Å². The van der Waals surface area contributed by atoms with E-state index in [9.17, 15) is 59.1 Å². The van der Waals surface area contributed by atoms with Crippen molar-refractivity contribution in [2.75, 3.05) is 27.1 Å². The summed E-state index contributed by atoms with van der Waals surface area (Å²) < 4.78 is 29.4. The first-order valence-electron chi connectivity index (χ1n) is 20.9. The molecule has 0 saturated carbocycles. The Hall–Kier alpha value is -6.36. The largest absolute Gasteiger partial charge is 0.507 e. The fourth-order valence-corrected chi connectivity index (χ4v) is 11.0. The molecule has 9 rings (SSSR count). The fraction of sp³-hybridized carbons (Fsp3) is 0.400. The number of Topliss-reactive ketones (excluding diaryl/α,β-unsaturated/α-hetero) is 1. The second kappa shape index (κ2) is 17.1. The maximum Gasteiger partial charge on any atom is 0.412 e. The summed E-state index contributed by atoms with van der Waals surface area (Å²) in [6, 6.07) is 9.93. The van der Waals surface area contributed by atoms with E-state index in [4.69, 9.17) is 23.7 Å². The maximum atomic E-state index is 14.1. The number of carbonyl (C=O) groups excluding carboxylic acids is 6. The Morgan fingerprint density at radius 3 is 2.44 bits per heavy atom. The number of rotatable bonds is 11. The zero-order valence-electron chi connectivity index (χ0n) is 35.2. The highest BCUT2D eigenvalue weighted by Gasteiger charge is 2.57. The number of ketones is 3. The SMILES string of the molecule is COc1cccc2c1C(=O)c1c(O)c3c(c(O)c1C2=O)C[C@@](O)(C(=O)CO)C[C@@H]3OC1CC2C(OCN2C(=O)OCC2=CSC3[C@H](NC(=O)Cc4ccccc4)C(=O)N3C2C(=O)O)C(C)O1. The van der Waals surface area contributed by atoms with Crippen LogP contribution in [-0.2, 0) is 51.0 Å². The Labute approximate surface area is 379 Å². The zero-order chi connectivity index (χ0) is 46.9. The Morgan fingerprint density at radius 1 is 0.985 bits per heavy atom. The number of carbonyl (C=O) groups is 7. The number of nitrogens with one attached hydrogen (secondary N) is 1. The van der Waals surface area contributed by atoms with E-state index in [1.54, 1.807) is 31.2 Å². The number of ether oxygens (including phenoxy) is 5. The zero-order valence-corrected chi connectivity index (χ0v) is 36.0. The Bertz CT molecular complexity index is 2620. The van der Waals surface area contributed by atoms with E-state index in [1.165, 1.54) is 35.6 Å². The molecule has 20 nitrogen and oxygen atoms in total. The van der Waals surface area contributed by atoms with Crippen molar-refractivity contribution < 1.29 is 82.8 Å². The van der Waals surface area contributed by atoms with Crippen LogP contribution in [0, 0.1) is 0 Å². The number of methoxy groups -OCH3 is 1. The lowest BCUT2D eigenvalue weighted by Gasteiger charge is -2.51. The average Bonchev–Trinajstić information content (AvgIpc) is 3.74. The van der Waals surface area contributed by atoms with Crippen LogP contribution in [-0.4, -0.2) is 151 Å². The van der Waals surface area contributed by atoms with Gasteiger partial charge in [0.2, 0.25) is 17.6 Å². The summed E-state index contributed by atoms with van der Waals surface area (Å²) in [5.41, 5.74) is -3.41. The quantitative estimate of drug-likeness (QED) is 0.0917. The van der Waals surface area contributed by atoms with Gasteiger partial charge in [0.15, 0.2) is 23.9 Å². The van der Waals surface area contributed by atoms with Crippen LogP contribution < -0.4 is 10.1 Å². The highest BCUT2D eigenvalue weighted by Crippen LogP contribution is 2.53. The number of phenolic OH excluding ortho intramolecular Hbond substituents is 2. The highest BCUT2D eigenvalue weighted by molar-refractivity contribution is 8.03. The predicted octanol–water partition coefficient (Wildman–Crippen LogP) is 1.46. The number of carboxylic acid groups (broad SMARTS) is 1. The Morgan fingerprint density at radius 2 is 1.73 bits per heavy atom. The van der Waals surface area contributed by atoms with E-state index in [0.29, 0.717) is 0 Å². The minimum absolute atomic E-state index is 0.0258. The number of fused-ring (bicyclic) bond motifs is 5. The summed E-state index contributed by atoms with van der Waals surface area (Å²) in [6.45, 7) is -0.274. The lowest BCUT2D eigenvalue weighted by atomic mass is 9.72. The van der Waals surface area contributed by atoms with E-state index in [0.717, 1.165) is 22.2 Å². The topological polar surface area (TPSA) is 285 Å². The van der Waals surface area contributed by atoms with E-state index < -0.39 is 144 Å². The number of amides is 3. The predicted molar refractivity (Wildman–Crippen MR) is 224 cm³/mol. The number of β-lactam (4-membered cyclic amide) rings is 1. The van der Waals surface area contributed by atoms with Gasteiger partial charge in [0.05, 0.1) is 48.5 Å². The Kier molecular flexibility index (Phi) is 11.6.